The molecule has 1 saturated heterocycles. The monoisotopic (exact) mass is 408 g/mol. The fraction of sp³-hybridized carbons (Fsp3) is 0.435. The summed E-state index contributed by atoms with van der Waals surface area (Å²) in [4.78, 5) is 36.0. The third kappa shape index (κ3) is 3.97. The highest BCUT2D eigenvalue weighted by Crippen LogP contribution is 2.38. The molecular formula is C23H28N4O3. The van der Waals surface area contributed by atoms with Gasteiger partial charge in [0.15, 0.2) is 5.60 Å². The van der Waals surface area contributed by atoms with Crippen molar-refractivity contribution in [2.24, 2.45) is 0 Å². The topological polar surface area (TPSA) is 66.0 Å². The molecule has 0 spiro atoms. The number of fused-ring (bicyclic) bond motifs is 1. The Balaban J connectivity index is 1.39. The number of benzene rings is 1. The maximum atomic E-state index is 13.0. The number of rotatable bonds is 4. The molecule has 7 nitrogen and oxygen atoms in total. The van der Waals surface area contributed by atoms with Crippen molar-refractivity contribution < 1.29 is 14.3 Å². The fourth-order valence-electron chi connectivity index (χ4n) is 3.99. The molecule has 0 bridgehead atoms. The second kappa shape index (κ2) is 7.97. The summed E-state index contributed by atoms with van der Waals surface area (Å²) in [6, 6.07) is 11.7. The maximum Gasteiger partial charge on any atom is 0.270 e. The van der Waals surface area contributed by atoms with E-state index >= 15 is 0 Å². The third-order valence-corrected chi connectivity index (χ3v) is 5.69. The summed E-state index contributed by atoms with van der Waals surface area (Å²) in [5, 5.41) is 0. The van der Waals surface area contributed by atoms with Gasteiger partial charge in [-0.1, -0.05) is 12.1 Å². The van der Waals surface area contributed by atoms with Crippen LogP contribution in [0.5, 0.6) is 5.75 Å². The minimum atomic E-state index is -0.945. The Labute approximate surface area is 177 Å². The summed E-state index contributed by atoms with van der Waals surface area (Å²) < 4.78 is 5.90. The van der Waals surface area contributed by atoms with Gasteiger partial charge in [0.25, 0.3) is 5.91 Å². The fourth-order valence-corrected chi connectivity index (χ4v) is 3.99. The van der Waals surface area contributed by atoms with Gasteiger partial charge in [-0.3, -0.25) is 9.59 Å². The predicted molar refractivity (Wildman–Crippen MR) is 116 cm³/mol. The number of piperazine rings is 1. The maximum absolute atomic E-state index is 13.0. The molecule has 30 heavy (non-hydrogen) atoms. The molecule has 0 N–H and O–H groups in total. The molecule has 0 aliphatic carbocycles. The van der Waals surface area contributed by atoms with Gasteiger partial charge in [-0.05, 0) is 50.6 Å². The van der Waals surface area contributed by atoms with Gasteiger partial charge >= 0.3 is 0 Å². The van der Waals surface area contributed by atoms with E-state index in [0.29, 0.717) is 31.8 Å². The summed E-state index contributed by atoms with van der Waals surface area (Å²) in [6.45, 7) is 8.70. The van der Waals surface area contributed by atoms with Crippen LogP contribution in [0.2, 0.25) is 0 Å². The van der Waals surface area contributed by atoms with Crippen LogP contribution in [0.25, 0.3) is 0 Å². The lowest BCUT2D eigenvalue weighted by Crippen LogP contribution is -2.54. The van der Waals surface area contributed by atoms with Crippen LogP contribution >= 0.6 is 0 Å². The number of carbonyl (C=O) groups excluding carboxylic acids is 2. The Hall–Kier alpha value is -3.09. The Morgan fingerprint density at radius 3 is 2.60 bits per heavy atom. The molecule has 158 valence electrons. The van der Waals surface area contributed by atoms with Crippen molar-refractivity contribution in [2.45, 2.75) is 32.8 Å². The Bertz CT molecular complexity index is 937. The Morgan fingerprint density at radius 1 is 1.13 bits per heavy atom. The number of nitrogens with zero attached hydrogens (tertiary/aromatic N) is 4. The number of anilines is 2. The van der Waals surface area contributed by atoms with E-state index in [1.807, 2.05) is 48.2 Å². The van der Waals surface area contributed by atoms with Crippen LogP contribution in [0.4, 0.5) is 11.5 Å². The summed E-state index contributed by atoms with van der Waals surface area (Å²) in [5.41, 5.74) is 0.846. The molecule has 4 rings (SSSR count). The highest BCUT2D eigenvalue weighted by atomic mass is 16.5. The van der Waals surface area contributed by atoms with E-state index in [4.69, 9.17) is 4.74 Å². The van der Waals surface area contributed by atoms with Crippen LogP contribution in [-0.4, -0.2) is 60.0 Å². The summed E-state index contributed by atoms with van der Waals surface area (Å²) >= 11 is 0. The van der Waals surface area contributed by atoms with Gasteiger partial charge in [-0.25, -0.2) is 4.98 Å². The van der Waals surface area contributed by atoms with Crippen LogP contribution < -0.4 is 14.5 Å². The molecule has 0 atom stereocenters. The SMILES string of the molecule is Cc1ccc2c(c1)N(CCC(=O)N1CCN(c3ccccn3)CC1)C(=O)C(C)(C)O2. The van der Waals surface area contributed by atoms with E-state index in [1.165, 1.54) is 0 Å². The van der Waals surface area contributed by atoms with Crippen molar-refractivity contribution >= 4 is 23.3 Å². The number of ether oxygens (including phenoxy) is 1. The van der Waals surface area contributed by atoms with Crippen molar-refractivity contribution in [3.8, 4) is 5.75 Å². The smallest absolute Gasteiger partial charge is 0.270 e. The van der Waals surface area contributed by atoms with Crippen molar-refractivity contribution in [1.82, 2.24) is 9.88 Å². The first kappa shape index (κ1) is 20.2. The molecule has 2 aliphatic heterocycles. The predicted octanol–water partition coefficient (Wildman–Crippen LogP) is 2.63. The minimum Gasteiger partial charge on any atom is -0.476 e. The molecular weight excluding hydrogens is 380 g/mol. The summed E-state index contributed by atoms with van der Waals surface area (Å²) in [7, 11) is 0. The quantitative estimate of drug-likeness (QED) is 0.778. The molecule has 2 aromatic rings. The highest BCUT2D eigenvalue weighted by molar-refractivity contribution is 6.02. The largest absolute Gasteiger partial charge is 0.476 e. The molecule has 3 heterocycles. The van der Waals surface area contributed by atoms with Crippen LogP contribution in [-0.2, 0) is 9.59 Å². The molecule has 1 fully saturated rings. The number of pyridine rings is 1. The van der Waals surface area contributed by atoms with E-state index < -0.39 is 5.60 Å². The lowest BCUT2D eigenvalue weighted by molar-refractivity contribution is -0.133. The first-order chi connectivity index (χ1) is 14.3. The number of amides is 2. The number of hydrogen-bond acceptors (Lipinski definition) is 5. The normalized spacial score (nSPS) is 18.1. The number of hydrogen-bond donors (Lipinski definition) is 0. The zero-order valence-electron chi connectivity index (χ0n) is 17.8. The molecule has 2 aliphatic rings. The first-order valence-electron chi connectivity index (χ1n) is 10.4. The molecule has 7 heteroatoms. The van der Waals surface area contributed by atoms with Crippen LogP contribution in [0.15, 0.2) is 42.6 Å². The van der Waals surface area contributed by atoms with Crippen molar-refractivity contribution in [3.63, 3.8) is 0 Å². The van der Waals surface area contributed by atoms with Crippen LogP contribution in [0, 0.1) is 6.92 Å². The van der Waals surface area contributed by atoms with Crippen molar-refractivity contribution in [3.05, 3.63) is 48.2 Å². The van der Waals surface area contributed by atoms with Crippen molar-refractivity contribution in [2.75, 3.05) is 42.5 Å². The zero-order chi connectivity index (χ0) is 21.3. The standard InChI is InChI=1S/C23H28N4O3/c1-17-7-8-19-18(16-17)27(22(29)23(2,3)30-19)11-9-21(28)26-14-12-25(13-15-26)20-6-4-5-10-24-20/h4-8,10,16H,9,11-15H2,1-3H3. The van der Waals surface area contributed by atoms with Gasteiger partial charge in [-0.15, -0.1) is 0 Å². The third-order valence-electron chi connectivity index (χ3n) is 5.69. The van der Waals surface area contributed by atoms with E-state index in [1.54, 1.807) is 24.9 Å². The summed E-state index contributed by atoms with van der Waals surface area (Å²) in [6.07, 6.45) is 2.08. The van der Waals surface area contributed by atoms with E-state index in [9.17, 15) is 9.59 Å². The minimum absolute atomic E-state index is 0.0713. The molecule has 0 unspecified atom stereocenters. The van der Waals surface area contributed by atoms with E-state index in [-0.39, 0.29) is 11.8 Å². The van der Waals surface area contributed by atoms with Gasteiger partial charge in [0, 0.05) is 45.3 Å². The van der Waals surface area contributed by atoms with Gasteiger partial charge in [-0.2, -0.15) is 0 Å². The summed E-state index contributed by atoms with van der Waals surface area (Å²) in [5.74, 6) is 1.58. The second-order valence-electron chi connectivity index (χ2n) is 8.35. The lowest BCUT2D eigenvalue weighted by atomic mass is 10.0. The van der Waals surface area contributed by atoms with E-state index in [0.717, 1.165) is 30.2 Å². The lowest BCUT2D eigenvalue weighted by Gasteiger charge is -2.39. The molecule has 2 amide bonds. The number of aryl methyl sites for hydroxylation is 1. The van der Waals surface area contributed by atoms with Crippen LogP contribution in [0.1, 0.15) is 25.8 Å². The molecule has 1 aromatic heterocycles. The molecule has 0 radical (unpaired) electrons. The zero-order valence-corrected chi connectivity index (χ0v) is 17.8. The van der Waals surface area contributed by atoms with Gasteiger partial charge in [0.2, 0.25) is 5.91 Å². The van der Waals surface area contributed by atoms with E-state index in [2.05, 4.69) is 9.88 Å². The van der Waals surface area contributed by atoms with Gasteiger partial charge < -0.3 is 19.4 Å². The highest BCUT2D eigenvalue weighted by Gasteiger charge is 2.41. The van der Waals surface area contributed by atoms with Crippen LogP contribution in [0.3, 0.4) is 0 Å². The van der Waals surface area contributed by atoms with Gasteiger partial charge in [0.05, 0.1) is 5.69 Å². The second-order valence-corrected chi connectivity index (χ2v) is 8.35. The Morgan fingerprint density at radius 2 is 1.90 bits per heavy atom. The average molecular weight is 409 g/mol. The number of aromatic nitrogens is 1. The first-order valence-corrected chi connectivity index (χ1v) is 10.4. The number of carbonyl (C=O) groups is 2. The molecule has 0 saturated carbocycles. The van der Waals surface area contributed by atoms with Gasteiger partial charge in [0.1, 0.15) is 11.6 Å². The average Bonchev–Trinajstić information content (AvgIpc) is 2.75. The molecule has 1 aromatic carbocycles. The van der Waals surface area contributed by atoms with Crippen molar-refractivity contribution in [1.29, 1.82) is 0 Å². The Kier molecular flexibility index (Phi) is 5.37.